The highest BCUT2D eigenvalue weighted by molar-refractivity contribution is 5.97. The second kappa shape index (κ2) is 10.4. The average molecular weight is 475 g/mol. The van der Waals surface area contributed by atoms with Gasteiger partial charge in [-0.2, -0.15) is 0 Å². The summed E-state index contributed by atoms with van der Waals surface area (Å²) in [5, 5.41) is 3.12. The van der Waals surface area contributed by atoms with Gasteiger partial charge in [-0.3, -0.25) is 9.69 Å². The molecule has 0 saturated carbocycles. The number of benzene rings is 2. The molecule has 0 bridgehead atoms. The molecule has 0 spiro atoms. The lowest BCUT2D eigenvalue weighted by Gasteiger charge is -2.37. The Kier molecular flexibility index (Phi) is 6.95. The van der Waals surface area contributed by atoms with Gasteiger partial charge in [0.2, 0.25) is 0 Å². The minimum absolute atomic E-state index is 0.00108. The van der Waals surface area contributed by atoms with Gasteiger partial charge in [0, 0.05) is 51.2 Å². The number of hydrogen-bond donors (Lipinski definition) is 1. The summed E-state index contributed by atoms with van der Waals surface area (Å²) in [4.78, 5) is 17.7. The third kappa shape index (κ3) is 5.00. The maximum absolute atomic E-state index is 12.9. The highest BCUT2D eigenvalue weighted by atomic mass is 16.6. The maximum atomic E-state index is 12.9. The summed E-state index contributed by atoms with van der Waals surface area (Å²) in [6.45, 7) is 8.77. The van der Waals surface area contributed by atoms with Crippen LogP contribution in [0.15, 0.2) is 54.6 Å². The lowest BCUT2D eigenvalue weighted by molar-refractivity contribution is 0.0950. The third-order valence-corrected chi connectivity index (χ3v) is 7.04. The van der Waals surface area contributed by atoms with Crippen molar-refractivity contribution in [1.29, 1.82) is 0 Å². The van der Waals surface area contributed by atoms with Crippen LogP contribution in [0.1, 0.15) is 22.5 Å². The van der Waals surface area contributed by atoms with Crippen LogP contribution in [0, 0.1) is 6.92 Å². The number of amides is 1. The Morgan fingerprint density at radius 2 is 1.74 bits per heavy atom. The lowest BCUT2D eigenvalue weighted by atomic mass is 10.1. The first kappa shape index (κ1) is 23.3. The van der Waals surface area contributed by atoms with Crippen molar-refractivity contribution < 1.29 is 14.3 Å². The molecule has 2 aliphatic rings. The van der Waals surface area contributed by atoms with Gasteiger partial charge in [-0.25, -0.2) is 0 Å². The third-order valence-electron chi connectivity index (χ3n) is 7.04. The molecule has 3 aromatic rings. The lowest BCUT2D eigenvalue weighted by Crippen LogP contribution is -2.47. The van der Waals surface area contributed by atoms with Gasteiger partial charge in [-0.15, -0.1) is 0 Å². The van der Waals surface area contributed by atoms with Crippen LogP contribution in [0.5, 0.6) is 11.5 Å². The molecule has 7 nitrogen and oxygen atoms in total. The first-order valence-corrected chi connectivity index (χ1v) is 12.5. The van der Waals surface area contributed by atoms with Crippen LogP contribution < -0.4 is 19.7 Å². The van der Waals surface area contributed by atoms with Gasteiger partial charge in [0.25, 0.3) is 5.91 Å². The number of rotatable bonds is 7. The quantitative estimate of drug-likeness (QED) is 0.529. The number of ether oxygens (including phenoxy) is 2. The van der Waals surface area contributed by atoms with E-state index in [0.29, 0.717) is 19.8 Å². The first-order valence-electron chi connectivity index (χ1n) is 12.5. The van der Waals surface area contributed by atoms with Crippen molar-refractivity contribution in [3.63, 3.8) is 0 Å². The van der Waals surface area contributed by atoms with Gasteiger partial charge >= 0.3 is 0 Å². The SMILES string of the molecule is Cc1c(C(=O)NCCCN2CCN(c3cccc4c3OCCO4)CC2)cc(-c2ccccc2)n1C. The van der Waals surface area contributed by atoms with E-state index in [0.717, 1.165) is 78.8 Å². The predicted molar refractivity (Wildman–Crippen MR) is 139 cm³/mol. The highest BCUT2D eigenvalue weighted by Crippen LogP contribution is 2.39. The topological polar surface area (TPSA) is 59.0 Å². The van der Waals surface area contributed by atoms with Gasteiger partial charge in [0.1, 0.15) is 13.2 Å². The molecule has 2 aliphatic heterocycles. The van der Waals surface area contributed by atoms with Gasteiger partial charge in [0.15, 0.2) is 11.5 Å². The number of fused-ring (bicyclic) bond motifs is 1. The summed E-state index contributed by atoms with van der Waals surface area (Å²) >= 11 is 0. The van der Waals surface area contributed by atoms with Crippen LogP contribution in [-0.4, -0.2) is 67.9 Å². The Hall–Kier alpha value is -3.45. The number of carbonyl (C=O) groups excluding carboxylic acids is 1. The Morgan fingerprint density at radius 1 is 0.971 bits per heavy atom. The van der Waals surface area contributed by atoms with Crippen molar-refractivity contribution >= 4 is 11.6 Å². The molecule has 3 heterocycles. The van der Waals surface area contributed by atoms with E-state index in [1.165, 1.54) is 0 Å². The molecule has 0 unspecified atom stereocenters. The molecule has 1 N–H and O–H groups in total. The van der Waals surface area contributed by atoms with Gasteiger partial charge in [0.05, 0.1) is 11.3 Å². The first-order chi connectivity index (χ1) is 17.1. The second-order valence-corrected chi connectivity index (χ2v) is 9.19. The number of carbonyl (C=O) groups is 1. The molecule has 7 heteroatoms. The van der Waals surface area contributed by atoms with E-state index in [9.17, 15) is 4.79 Å². The van der Waals surface area contributed by atoms with Crippen LogP contribution in [0.3, 0.4) is 0 Å². The maximum Gasteiger partial charge on any atom is 0.253 e. The molecular formula is C28H34N4O3. The molecule has 184 valence electrons. The number of nitrogens with zero attached hydrogens (tertiary/aromatic N) is 3. The average Bonchev–Trinajstić information content (AvgIpc) is 3.21. The zero-order valence-electron chi connectivity index (χ0n) is 20.6. The molecule has 0 radical (unpaired) electrons. The molecule has 0 aliphatic carbocycles. The van der Waals surface area contributed by atoms with E-state index >= 15 is 0 Å². The molecule has 0 atom stereocenters. The fraction of sp³-hybridized carbons (Fsp3) is 0.393. The van der Waals surface area contributed by atoms with Gasteiger partial charge < -0.3 is 24.3 Å². The zero-order valence-corrected chi connectivity index (χ0v) is 20.6. The molecule has 1 aromatic heterocycles. The van der Waals surface area contributed by atoms with Crippen molar-refractivity contribution in [2.75, 3.05) is 57.4 Å². The van der Waals surface area contributed by atoms with E-state index < -0.39 is 0 Å². The van der Waals surface area contributed by atoms with Crippen molar-refractivity contribution in [1.82, 2.24) is 14.8 Å². The Bertz CT molecular complexity index is 1170. The van der Waals surface area contributed by atoms with Crippen LogP contribution in [0.2, 0.25) is 0 Å². The number of anilines is 1. The number of hydrogen-bond acceptors (Lipinski definition) is 5. The number of aromatic nitrogens is 1. The summed E-state index contributed by atoms with van der Waals surface area (Å²) in [7, 11) is 2.01. The number of nitrogens with one attached hydrogen (secondary N) is 1. The normalized spacial score (nSPS) is 15.8. The second-order valence-electron chi connectivity index (χ2n) is 9.19. The molecule has 2 aromatic carbocycles. The molecular weight excluding hydrogens is 440 g/mol. The largest absolute Gasteiger partial charge is 0.486 e. The van der Waals surface area contributed by atoms with E-state index in [1.54, 1.807) is 0 Å². The molecule has 1 fully saturated rings. The Morgan fingerprint density at radius 3 is 2.54 bits per heavy atom. The predicted octanol–water partition coefficient (Wildman–Crippen LogP) is 3.71. The van der Waals surface area contributed by atoms with Crippen molar-refractivity contribution in [3.05, 3.63) is 65.9 Å². The van der Waals surface area contributed by atoms with E-state index in [-0.39, 0.29) is 5.91 Å². The summed E-state index contributed by atoms with van der Waals surface area (Å²) in [6, 6.07) is 18.3. The van der Waals surface area contributed by atoms with E-state index in [2.05, 4.69) is 37.9 Å². The summed E-state index contributed by atoms with van der Waals surface area (Å²) in [5.41, 5.74) is 5.03. The molecule has 1 saturated heterocycles. The van der Waals surface area contributed by atoms with Gasteiger partial charge in [-0.05, 0) is 43.7 Å². The van der Waals surface area contributed by atoms with Crippen molar-refractivity contribution in [2.24, 2.45) is 7.05 Å². The van der Waals surface area contributed by atoms with E-state index in [1.807, 2.05) is 50.4 Å². The number of para-hydroxylation sites is 1. The minimum atomic E-state index is 0.00108. The molecule has 1 amide bonds. The minimum Gasteiger partial charge on any atom is -0.486 e. The summed E-state index contributed by atoms with van der Waals surface area (Å²) in [5.74, 6) is 1.72. The van der Waals surface area contributed by atoms with E-state index in [4.69, 9.17) is 9.47 Å². The van der Waals surface area contributed by atoms with Crippen LogP contribution >= 0.6 is 0 Å². The fourth-order valence-corrected chi connectivity index (χ4v) is 4.93. The number of piperazine rings is 1. The van der Waals surface area contributed by atoms with Gasteiger partial charge in [-0.1, -0.05) is 36.4 Å². The fourth-order valence-electron chi connectivity index (χ4n) is 4.93. The van der Waals surface area contributed by atoms with Crippen molar-refractivity contribution in [3.8, 4) is 22.8 Å². The van der Waals surface area contributed by atoms with Crippen LogP contribution in [0.4, 0.5) is 5.69 Å². The van der Waals surface area contributed by atoms with Crippen molar-refractivity contribution in [2.45, 2.75) is 13.3 Å². The molecule has 5 rings (SSSR count). The Balaban J connectivity index is 1.09. The molecule has 35 heavy (non-hydrogen) atoms. The standard InChI is InChI=1S/C28H34N4O3/c1-21-23(20-25(30(21)2)22-8-4-3-5-9-22)28(33)29-12-7-13-31-14-16-32(17-15-31)24-10-6-11-26-27(24)35-19-18-34-26/h3-6,8-11,20H,7,12-19H2,1-2H3,(H,29,33). The van der Waals surface area contributed by atoms with Crippen LogP contribution in [-0.2, 0) is 7.05 Å². The summed E-state index contributed by atoms with van der Waals surface area (Å²) < 4.78 is 13.7. The monoisotopic (exact) mass is 474 g/mol. The zero-order chi connectivity index (χ0) is 24.2. The smallest absolute Gasteiger partial charge is 0.253 e. The van der Waals surface area contributed by atoms with Crippen LogP contribution in [0.25, 0.3) is 11.3 Å². The highest BCUT2D eigenvalue weighted by Gasteiger charge is 2.23. The Labute approximate surface area is 207 Å². The summed E-state index contributed by atoms with van der Waals surface area (Å²) in [6.07, 6.45) is 0.931.